The Kier molecular flexibility index (Phi) is 5.94. The summed E-state index contributed by atoms with van der Waals surface area (Å²) in [5, 5.41) is -0.445. The number of ether oxygens (including phenoxy) is 1. The van der Waals surface area contributed by atoms with Gasteiger partial charge in [0.05, 0.1) is 16.0 Å². The molecule has 0 saturated heterocycles. The maximum Gasteiger partial charge on any atom is 0.426 e. The fraction of sp³-hybridized carbons (Fsp3) is 0.438. The molecule has 0 N–H and O–H groups in total. The second kappa shape index (κ2) is 7.18. The number of esters is 1. The first-order valence-corrected chi connectivity index (χ1v) is 8.61. The van der Waals surface area contributed by atoms with Gasteiger partial charge in [-0.15, -0.1) is 0 Å². The number of hydrogen-bond acceptors (Lipinski definition) is 2. The molecule has 0 bridgehead atoms. The van der Waals surface area contributed by atoms with E-state index in [0.29, 0.717) is 10.6 Å². The van der Waals surface area contributed by atoms with Gasteiger partial charge in [-0.2, -0.15) is 13.2 Å². The summed E-state index contributed by atoms with van der Waals surface area (Å²) in [6, 6.07) is 2.90. The molecular weight excluding hydrogens is 423 g/mol. The zero-order valence-electron chi connectivity index (χ0n) is 13.1. The van der Waals surface area contributed by atoms with Gasteiger partial charge in [0.25, 0.3) is 0 Å². The van der Waals surface area contributed by atoms with E-state index in [1.807, 2.05) is 0 Å². The van der Waals surface area contributed by atoms with Crippen molar-refractivity contribution >= 4 is 52.4 Å². The topological polar surface area (TPSA) is 26.3 Å². The molecule has 1 aromatic rings. The van der Waals surface area contributed by atoms with Crippen LogP contribution in [0.3, 0.4) is 0 Å². The van der Waals surface area contributed by atoms with Crippen LogP contribution in [0.5, 0.6) is 0 Å². The Morgan fingerprint density at radius 1 is 1.24 bits per heavy atom. The maximum absolute atomic E-state index is 12.6. The number of hydrogen-bond donors (Lipinski definition) is 0. The van der Waals surface area contributed by atoms with Gasteiger partial charge in [-0.25, -0.2) is 0 Å². The number of carbonyl (C=O) groups excluding carboxylic acids is 1. The molecule has 1 aliphatic carbocycles. The van der Waals surface area contributed by atoms with Crippen molar-refractivity contribution in [3.63, 3.8) is 0 Å². The average molecular weight is 436 g/mol. The Morgan fingerprint density at radius 2 is 1.76 bits per heavy atom. The highest BCUT2D eigenvalue weighted by Crippen LogP contribution is 2.60. The molecule has 2 atom stereocenters. The van der Waals surface area contributed by atoms with Crippen molar-refractivity contribution in [2.45, 2.75) is 26.6 Å². The van der Waals surface area contributed by atoms with Crippen LogP contribution in [0.1, 0.15) is 19.4 Å². The normalized spacial score (nSPS) is 22.7. The largest absolute Gasteiger partial charge is 0.460 e. The summed E-state index contributed by atoms with van der Waals surface area (Å²) in [6.07, 6.45) is -3.78. The van der Waals surface area contributed by atoms with E-state index in [0.717, 1.165) is 6.08 Å². The third kappa shape index (κ3) is 4.57. The minimum Gasteiger partial charge on any atom is -0.460 e. The Morgan fingerprint density at radius 3 is 2.24 bits per heavy atom. The van der Waals surface area contributed by atoms with Gasteiger partial charge in [0, 0.05) is 10.6 Å². The van der Waals surface area contributed by atoms with Gasteiger partial charge in [-0.3, -0.25) is 4.79 Å². The van der Waals surface area contributed by atoms with E-state index in [9.17, 15) is 18.0 Å². The Hall–Kier alpha value is -0.620. The van der Waals surface area contributed by atoms with E-state index >= 15 is 0 Å². The van der Waals surface area contributed by atoms with E-state index in [1.54, 1.807) is 13.8 Å². The fourth-order valence-corrected chi connectivity index (χ4v) is 3.70. The molecule has 138 valence electrons. The first-order chi connectivity index (χ1) is 11.4. The molecule has 1 fully saturated rings. The van der Waals surface area contributed by atoms with Crippen LogP contribution in [0.4, 0.5) is 13.2 Å². The van der Waals surface area contributed by atoms with Crippen LogP contribution in [0, 0.1) is 17.3 Å². The van der Waals surface area contributed by atoms with Crippen molar-refractivity contribution in [1.82, 2.24) is 0 Å². The molecule has 0 radical (unpaired) electrons. The first-order valence-electron chi connectivity index (χ1n) is 7.10. The molecular formula is C16H13Cl4F3O2. The zero-order chi connectivity index (χ0) is 19.2. The van der Waals surface area contributed by atoms with Crippen molar-refractivity contribution in [3.05, 3.63) is 43.9 Å². The smallest absolute Gasteiger partial charge is 0.426 e. The molecule has 0 aromatic heterocycles. The SMILES string of the molecule is CC1(C)C(C=C(Cl)C(F)(F)F)C1C(=O)OCc1c(Cl)cc(Cl)cc1Cl. The van der Waals surface area contributed by atoms with Gasteiger partial charge >= 0.3 is 12.1 Å². The molecule has 2 unspecified atom stereocenters. The number of benzene rings is 1. The van der Waals surface area contributed by atoms with Gasteiger partial charge in [0.15, 0.2) is 0 Å². The Bertz CT molecular complexity index is 706. The van der Waals surface area contributed by atoms with Crippen LogP contribution in [-0.2, 0) is 16.1 Å². The van der Waals surface area contributed by atoms with Crippen LogP contribution >= 0.6 is 46.4 Å². The van der Waals surface area contributed by atoms with E-state index < -0.39 is 34.4 Å². The van der Waals surface area contributed by atoms with Crippen molar-refractivity contribution in [2.75, 3.05) is 0 Å². The number of allylic oxidation sites excluding steroid dienone is 2. The van der Waals surface area contributed by atoms with Gasteiger partial charge in [0.1, 0.15) is 11.6 Å². The molecule has 1 aromatic carbocycles. The minimum absolute atomic E-state index is 0.205. The predicted octanol–water partition coefficient (Wildman–Crippen LogP) is 6.65. The van der Waals surface area contributed by atoms with Crippen LogP contribution < -0.4 is 0 Å². The standard InChI is InChI=1S/C16H13Cl4F3O2/c1-15(2)9(5-12(20)16(21,22)23)13(15)14(24)25-6-8-10(18)3-7(17)4-11(8)19/h3-5,9,13H,6H2,1-2H3. The summed E-state index contributed by atoms with van der Waals surface area (Å²) in [6.45, 7) is 3.13. The van der Waals surface area contributed by atoms with Gasteiger partial charge in [-0.1, -0.05) is 66.3 Å². The van der Waals surface area contributed by atoms with E-state index in [4.69, 9.17) is 51.1 Å². The summed E-state index contributed by atoms with van der Waals surface area (Å²) in [5.41, 5.74) is -0.310. The Balaban J connectivity index is 2.07. The highest BCUT2D eigenvalue weighted by Gasteiger charge is 2.62. The van der Waals surface area contributed by atoms with Crippen molar-refractivity contribution in [1.29, 1.82) is 0 Å². The van der Waals surface area contributed by atoms with E-state index in [1.165, 1.54) is 12.1 Å². The summed E-state index contributed by atoms with van der Waals surface area (Å²) in [4.78, 5) is 12.2. The third-order valence-electron chi connectivity index (χ3n) is 4.23. The number of rotatable bonds is 4. The quantitative estimate of drug-likeness (QED) is 0.495. The fourth-order valence-electron chi connectivity index (χ4n) is 2.63. The molecule has 0 aliphatic heterocycles. The van der Waals surface area contributed by atoms with Gasteiger partial charge in [-0.05, 0) is 23.5 Å². The first kappa shape index (κ1) is 20.7. The molecule has 1 aliphatic rings. The maximum atomic E-state index is 12.6. The average Bonchev–Trinajstić information content (AvgIpc) is 2.97. The van der Waals surface area contributed by atoms with Gasteiger partial charge < -0.3 is 4.74 Å². The zero-order valence-corrected chi connectivity index (χ0v) is 16.1. The highest BCUT2D eigenvalue weighted by molar-refractivity contribution is 6.39. The summed E-state index contributed by atoms with van der Waals surface area (Å²) in [5.74, 6) is -2.03. The van der Waals surface area contributed by atoms with Crippen molar-refractivity contribution < 1.29 is 22.7 Å². The molecule has 2 rings (SSSR count). The molecule has 0 heterocycles. The molecule has 0 amide bonds. The predicted molar refractivity (Wildman–Crippen MR) is 92.0 cm³/mol. The molecule has 9 heteroatoms. The minimum atomic E-state index is -4.64. The summed E-state index contributed by atoms with van der Waals surface area (Å²) in [7, 11) is 0. The van der Waals surface area contributed by atoms with E-state index in [2.05, 4.69) is 0 Å². The number of carbonyl (C=O) groups is 1. The lowest BCUT2D eigenvalue weighted by Crippen LogP contribution is -2.11. The van der Waals surface area contributed by atoms with Crippen LogP contribution in [0.2, 0.25) is 15.1 Å². The lowest BCUT2D eigenvalue weighted by atomic mass is 10.1. The second-order valence-electron chi connectivity index (χ2n) is 6.29. The van der Waals surface area contributed by atoms with Crippen LogP contribution in [0.25, 0.3) is 0 Å². The van der Waals surface area contributed by atoms with Crippen LogP contribution in [-0.4, -0.2) is 12.1 Å². The second-order valence-corrected chi connectivity index (χ2v) is 7.95. The lowest BCUT2D eigenvalue weighted by Gasteiger charge is -2.09. The monoisotopic (exact) mass is 434 g/mol. The molecule has 0 spiro atoms. The Labute approximate surface area is 162 Å². The molecule has 1 saturated carbocycles. The highest BCUT2D eigenvalue weighted by atomic mass is 35.5. The number of halogens is 7. The molecule has 25 heavy (non-hydrogen) atoms. The van der Waals surface area contributed by atoms with Gasteiger partial charge in [0.2, 0.25) is 0 Å². The third-order valence-corrected chi connectivity index (χ3v) is 5.46. The summed E-state index contributed by atoms with van der Waals surface area (Å²) < 4.78 is 42.8. The van der Waals surface area contributed by atoms with Crippen molar-refractivity contribution in [2.24, 2.45) is 17.3 Å². The molecule has 2 nitrogen and oxygen atoms in total. The number of alkyl halides is 3. The van der Waals surface area contributed by atoms with Crippen molar-refractivity contribution in [3.8, 4) is 0 Å². The summed E-state index contributed by atoms with van der Waals surface area (Å²) >= 11 is 23.1. The lowest BCUT2D eigenvalue weighted by molar-refractivity contribution is -0.147. The van der Waals surface area contributed by atoms with E-state index in [-0.39, 0.29) is 16.7 Å². The van der Waals surface area contributed by atoms with Crippen LogP contribution in [0.15, 0.2) is 23.2 Å².